The summed E-state index contributed by atoms with van der Waals surface area (Å²) in [5.74, 6) is -0.259. The van der Waals surface area contributed by atoms with Crippen LogP contribution >= 0.6 is 0 Å². The number of sulfone groups is 1. The first-order valence-electron chi connectivity index (χ1n) is 8.87. The van der Waals surface area contributed by atoms with Gasteiger partial charge in [-0.1, -0.05) is 18.2 Å². The Morgan fingerprint density at radius 2 is 1.70 bits per heavy atom. The average molecular weight is 386 g/mol. The minimum absolute atomic E-state index is 0.0256. The van der Waals surface area contributed by atoms with E-state index in [9.17, 15) is 18.0 Å². The molecule has 1 N–H and O–H groups in total. The lowest BCUT2D eigenvalue weighted by Gasteiger charge is -2.27. The molecule has 1 atom stereocenters. The lowest BCUT2D eigenvalue weighted by Crippen LogP contribution is -2.40. The first kappa shape index (κ1) is 19.1. The normalized spacial score (nSPS) is 18.0. The smallest absolute Gasteiger partial charge is 0.255 e. The summed E-state index contributed by atoms with van der Waals surface area (Å²) >= 11 is 0. The highest BCUT2D eigenvalue weighted by molar-refractivity contribution is 7.91. The van der Waals surface area contributed by atoms with Crippen LogP contribution in [0.3, 0.4) is 0 Å². The Morgan fingerprint density at radius 3 is 2.26 bits per heavy atom. The van der Waals surface area contributed by atoms with Gasteiger partial charge in [0.05, 0.1) is 11.5 Å². The van der Waals surface area contributed by atoms with Gasteiger partial charge >= 0.3 is 0 Å². The molecule has 1 saturated heterocycles. The topological polar surface area (TPSA) is 83.6 Å². The first-order valence-corrected chi connectivity index (χ1v) is 10.7. The van der Waals surface area contributed by atoms with Crippen LogP contribution < -0.4 is 5.32 Å². The Labute approximate surface area is 159 Å². The van der Waals surface area contributed by atoms with Crippen LogP contribution in [-0.4, -0.2) is 49.2 Å². The number of carbonyl (C=O) groups is 2. The van der Waals surface area contributed by atoms with Gasteiger partial charge in [0.2, 0.25) is 0 Å². The predicted octanol–water partition coefficient (Wildman–Crippen LogP) is 2.59. The Morgan fingerprint density at radius 1 is 1.04 bits per heavy atom. The van der Waals surface area contributed by atoms with Crippen LogP contribution in [0.1, 0.15) is 34.1 Å². The molecular formula is C20H22N2O4S. The molecule has 1 unspecified atom stereocenters. The Balaban J connectivity index is 1.69. The number of hydrogen-bond donors (Lipinski definition) is 1. The molecule has 3 rings (SSSR count). The van der Waals surface area contributed by atoms with Crippen LogP contribution in [0.2, 0.25) is 0 Å². The molecule has 1 aliphatic rings. The molecule has 1 fully saturated rings. The standard InChI is InChI=1S/C20H22N2O4S/c1-2-22(18-12-13-27(25,26)14-18)20(24)16-8-10-17(11-9-16)21-19(23)15-6-4-3-5-7-15/h3-11,18H,2,12-14H2,1H3,(H,21,23). The number of hydrogen-bond acceptors (Lipinski definition) is 4. The second-order valence-corrected chi connectivity index (χ2v) is 8.77. The second-order valence-electron chi connectivity index (χ2n) is 6.55. The van der Waals surface area contributed by atoms with E-state index in [-0.39, 0.29) is 29.4 Å². The summed E-state index contributed by atoms with van der Waals surface area (Å²) < 4.78 is 23.4. The molecule has 1 aliphatic heterocycles. The molecule has 27 heavy (non-hydrogen) atoms. The van der Waals surface area contributed by atoms with E-state index >= 15 is 0 Å². The number of nitrogens with one attached hydrogen (secondary N) is 1. The van der Waals surface area contributed by atoms with E-state index in [1.807, 2.05) is 13.0 Å². The molecule has 0 aliphatic carbocycles. The van der Waals surface area contributed by atoms with Gasteiger partial charge in [-0.3, -0.25) is 9.59 Å². The molecule has 1 heterocycles. The molecule has 0 aromatic heterocycles. The molecule has 0 spiro atoms. The fraction of sp³-hybridized carbons (Fsp3) is 0.300. The minimum atomic E-state index is -3.05. The van der Waals surface area contributed by atoms with Gasteiger partial charge in [0.1, 0.15) is 0 Å². The molecule has 7 heteroatoms. The van der Waals surface area contributed by atoms with Crippen molar-refractivity contribution in [2.45, 2.75) is 19.4 Å². The van der Waals surface area contributed by atoms with Crippen LogP contribution in [0.4, 0.5) is 5.69 Å². The zero-order chi connectivity index (χ0) is 19.4. The zero-order valence-corrected chi connectivity index (χ0v) is 15.9. The van der Waals surface area contributed by atoms with Crippen molar-refractivity contribution >= 4 is 27.3 Å². The van der Waals surface area contributed by atoms with Crippen LogP contribution in [0.25, 0.3) is 0 Å². The van der Waals surface area contributed by atoms with Gasteiger partial charge in [0, 0.05) is 29.4 Å². The van der Waals surface area contributed by atoms with E-state index < -0.39 is 9.84 Å². The van der Waals surface area contributed by atoms with Gasteiger partial charge in [-0.05, 0) is 49.7 Å². The van der Waals surface area contributed by atoms with Crippen LogP contribution in [0.15, 0.2) is 54.6 Å². The number of nitrogens with zero attached hydrogens (tertiary/aromatic N) is 1. The van der Waals surface area contributed by atoms with Crippen molar-refractivity contribution < 1.29 is 18.0 Å². The van der Waals surface area contributed by atoms with Crippen molar-refractivity contribution in [1.29, 1.82) is 0 Å². The zero-order valence-electron chi connectivity index (χ0n) is 15.1. The highest BCUT2D eigenvalue weighted by Crippen LogP contribution is 2.21. The Bertz CT molecular complexity index is 924. The van der Waals surface area contributed by atoms with Crippen LogP contribution in [0.5, 0.6) is 0 Å². The Hall–Kier alpha value is -2.67. The lowest BCUT2D eigenvalue weighted by atomic mass is 10.1. The maximum Gasteiger partial charge on any atom is 0.255 e. The van der Waals surface area contributed by atoms with Gasteiger partial charge in [-0.15, -0.1) is 0 Å². The van der Waals surface area contributed by atoms with Gasteiger partial charge in [0.25, 0.3) is 11.8 Å². The molecule has 0 bridgehead atoms. The fourth-order valence-corrected chi connectivity index (χ4v) is 4.97. The number of anilines is 1. The maximum atomic E-state index is 12.8. The van der Waals surface area contributed by atoms with Gasteiger partial charge in [-0.2, -0.15) is 0 Å². The van der Waals surface area contributed by atoms with Crippen molar-refractivity contribution in [3.63, 3.8) is 0 Å². The number of amides is 2. The third-order valence-electron chi connectivity index (χ3n) is 4.68. The van der Waals surface area contributed by atoms with E-state index in [0.29, 0.717) is 29.8 Å². The predicted molar refractivity (Wildman–Crippen MR) is 105 cm³/mol. The summed E-state index contributed by atoms with van der Waals surface area (Å²) in [5.41, 5.74) is 1.61. The maximum absolute atomic E-state index is 12.8. The molecule has 2 aromatic carbocycles. The summed E-state index contributed by atoms with van der Waals surface area (Å²) in [5, 5.41) is 2.79. The Kier molecular flexibility index (Phi) is 5.60. The van der Waals surface area contributed by atoms with Crippen molar-refractivity contribution in [3.8, 4) is 0 Å². The molecule has 2 amide bonds. The van der Waals surface area contributed by atoms with Crippen molar-refractivity contribution in [1.82, 2.24) is 4.90 Å². The summed E-state index contributed by atoms with van der Waals surface area (Å²) in [7, 11) is -3.05. The lowest BCUT2D eigenvalue weighted by molar-refractivity contribution is 0.0708. The van der Waals surface area contributed by atoms with E-state index in [1.54, 1.807) is 53.4 Å². The van der Waals surface area contributed by atoms with Crippen molar-refractivity contribution in [2.75, 3.05) is 23.4 Å². The summed E-state index contributed by atoms with van der Waals surface area (Å²) in [6.45, 7) is 2.29. The van der Waals surface area contributed by atoms with Crippen LogP contribution in [-0.2, 0) is 9.84 Å². The van der Waals surface area contributed by atoms with Crippen LogP contribution in [0, 0.1) is 0 Å². The fourth-order valence-electron chi connectivity index (χ4n) is 3.24. The summed E-state index contributed by atoms with van der Waals surface area (Å²) in [6.07, 6.45) is 0.479. The van der Waals surface area contributed by atoms with E-state index in [0.717, 1.165) is 0 Å². The van der Waals surface area contributed by atoms with E-state index in [4.69, 9.17) is 0 Å². The number of carbonyl (C=O) groups excluding carboxylic acids is 2. The quantitative estimate of drug-likeness (QED) is 0.856. The highest BCUT2D eigenvalue weighted by Gasteiger charge is 2.34. The number of benzene rings is 2. The number of rotatable bonds is 5. The molecule has 2 aromatic rings. The minimum Gasteiger partial charge on any atom is -0.335 e. The summed E-state index contributed by atoms with van der Waals surface area (Å²) in [4.78, 5) is 26.6. The second kappa shape index (κ2) is 7.92. The third kappa shape index (κ3) is 4.54. The average Bonchev–Trinajstić information content (AvgIpc) is 3.03. The molecular weight excluding hydrogens is 364 g/mol. The van der Waals surface area contributed by atoms with E-state index in [1.165, 1.54) is 0 Å². The molecule has 6 nitrogen and oxygen atoms in total. The monoisotopic (exact) mass is 386 g/mol. The molecule has 0 saturated carbocycles. The van der Waals surface area contributed by atoms with Gasteiger partial charge in [-0.25, -0.2) is 8.42 Å². The van der Waals surface area contributed by atoms with Crippen molar-refractivity contribution in [3.05, 3.63) is 65.7 Å². The molecule has 142 valence electrons. The summed E-state index contributed by atoms with van der Waals surface area (Å²) in [6, 6.07) is 15.2. The first-order chi connectivity index (χ1) is 12.9. The largest absolute Gasteiger partial charge is 0.335 e. The SMILES string of the molecule is CCN(C(=O)c1ccc(NC(=O)c2ccccc2)cc1)C1CCS(=O)(=O)C1. The highest BCUT2D eigenvalue weighted by atomic mass is 32.2. The van der Waals surface area contributed by atoms with Gasteiger partial charge < -0.3 is 10.2 Å². The van der Waals surface area contributed by atoms with Crippen molar-refractivity contribution in [2.24, 2.45) is 0 Å². The van der Waals surface area contributed by atoms with E-state index in [2.05, 4.69) is 5.32 Å². The van der Waals surface area contributed by atoms with Gasteiger partial charge in [0.15, 0.2) is 9.84 Å². The third-order valence-corrected chi connectivity index (χ3v) is 6.43. The molecule has 0 radical (unpaired) electrons.